The highest BCUT2D eigenvalue weighted by Crippen LogP contribution is 2.24. The predicted molar refractivity (Wildman–Crippen MR) is 83.1 cm³/mol. The molecule has 1 atom stereocenters. The minimum Gasteiger partial charge on any atom is -0.319 e. The van der Waals surface area contributed by atoms with Gasteiger partial charge in [0.1, 0.15) is 5.37 Å². The second kappa shape index (κ2) is 5.34. The van der Waals surface area contributed by atoms with Gasteiger partial charge >= 0.3 is 0 Å². The zero-order valence-electron chi connectivity index (χ0n) is 11.4. The second-order valence-electron chi connectivity index (χ2n) is 4.98. The third-order valence-corrected chi connectivity index (χ3v) is 6.16. The summed E-state index contributed by atoms with van der Waals surface area (Å²) >= 11 is 1.55. The number of para-hydroxylation sites is 1. The minimum absolute atomic E-state index is 0.283. The summed E-state index contributed by atoms with van der Waals surface area (Å²) in [5.41, 5.74) is 1.05. The summed E-state index contributed by atoms with van der Waals surface area (Å²) in [4.78, 5) is 14.1. The van der Waals surface area contributed by atoms with E-state index in [0.717, 1.165) is 11.3 Å². The Morgan fingerprint density at radius 3 is 2.95 bits per heavy atom. The van der Waals surface area contributed by atoms with Crippen LogP contribution in [0.15, 0.2) is 24.3 Å². The molecule has 2 heterocycles. The fourth-order valence-corrected chi connectivity index (χ4v) is 5.25. The Kier molecular flexibility index (Phi) is 3.66. The van der Waals surface area contributed by atoms with E-state index in [1.54, 1.807) is 17.8 Å². The van der Waals surface area contributed by atoms with Crippen LogP contribution in [0.5, 0.6) is 0 Å². The van der Waals surface area contributed by atoms with Gasteiger partial charge in [0.2, 0.25) is 0 Å². The molecule has 1 fully saturated rings. The van der Waals surface area contributed by atoms with Crippen molar-refractivity contribution in [2.24, 2.45) is 0 Å². The molecule has 1 aromatic heterocycles. The van der Waals surface area contributed by atoms with Crippen LogP contribution in [0.1, 0.15) is 10.5 Å². The fraction of sp³-hybridized carbons (Fsp3) is 0.385. The van der Waals surface area contributed by atoms with Crippen molar-refractivity contribution in [1.82, 2.24) is 15.1 Å². The zero-order chi connectivity index (χ0) is 15.0. The number of rotatable bonds is 2. The van der Waals surface area contributed by atoms with Crippen molar-refractivity contribution in [2.45, 2.75) is 5.37 Å². The van der Waals surface area contributed by atoms with Gasteiger partial charge < -0.3 is 4.90 Å². The number of H-pyrrole nitrogens is 1. The van der Waals surface area contributed by atoms with Gasteiger partial charge in [-0.2, -0.15) is 16.9 Å². The van der Waals surface area contributed by atoms with Crippen LogP contribution in [-0.4, -0.2) is 59.1 Å². The number of amides is 1. The SMILES string of the molecule is CS(=O)(=O)C1CSCCN1C(=O)c1n[nH]c2ccccc12. The summed E-state index contributed by atoms with van der Waals surface area (Å²) in [6.45, 7) is 0.419. The molecule has 1 aromatic carbocycles. The number of benzene rings is 1. The van der Waals surface area contributed by atoms with Crippen LogP contribution in [0, 0.1) is 0 Å². The van der Waals surface area contributed by atoms with Gasteiger partial charge in [-0.05, 0) is 6.07 Å². The standard InChI is InChI=1S/C13H15N3O3S2/c1-21(18,19)11-8-20-7-6-16(11)13(17)12-9-4-2-3-5-10(9)14-15-12/h2-5,11H,6-8H2,1H3,(H,14,15). The Morgan fingerprint density at radius 1 is 1.43 bits per heavy atom. The van der Waals surface area contributed by atoms with Gasteiger partial charge in [0, 0.05) is 29.7 Å². The molecule has 0 saturated carbocycles. The van der Waals surface area contributed by atoms with Crippen LogP contribution in [0.2, 0.25) is 0 Å². The number of nitrogens with zero attached hydrogens (tertiary/aromatic N) is 2. The fourth-order valence-electron chi connectivity index (χ4n) is 2.43. The maximum atomic E-state index is 12.7. The van der Waals surface area contributed by atoms with E-state index in [0.29, 0.717) is 17.7 Å². The van der Waals surface area contributed by atoms with Crippen LogP contribution < -0.4 is 0 Å². The number of fused-ring (bicyclic) bond motifs is 1. The molecule has 0 aliphatic carbocycles. The molecule has 1 aliphatic heterocycles. The summed E-state index contributed by atoms with van der Waals surface area (Å²) in [5.74, 6) is 0.815. The maximum absolute atomic E-state index is 12.7. The molecule has 1 saturated heterocycles. The first-order valence-electron chi connectivity index (χ1n) is 6.49. The Hall–Kier alpha value is -1.54. The molecule has 1 amide bonds. The van der Waals surface area contributed by atoms with E-state index in [1.165, 1.54) is 11.2 Å². The number of aromatic amines is 1. The first kappa shape index (κ1) is 14.4. The first-order chi connectivity index (χ1) is 9.98. The lowest BCUT2D eigenvalue weighted by molar-refractivity contribution is 0.0745. The van der Waals surface area contributed by atoms with Crippen molar-refractivity contribution in [3.05, 3.63) is 30.0 Å². The van der Waals surface area contributed by atoms with Gasteiger partial charge in [-0.15, -0.1) is 0 Å². The van der Waals surface area contributed by atoms with Gasteiger partial charge in [0.15, 0.2) is 15.5 Å². The van der Waals surface area contributed by atoms with E-state index in [1.807, 2.05) is 18.2 Å². The lowest BCUT2D eigenvalue weighted by atomic mass is 10.2. The molecular formula is C13H15N3O3S2. The molecule has 112 valence electrons. The van der Waals surface area contributed by atoms with Crippen LogP contribution >= 0.6 is 11.8 Å². The number of aromatic nitrogens is 2. The third kappa shape index (κ3) is 2.65. The number of hydrogen-bond donors (Lipinski definition) is 1. The number of thioether (sulfide) groups is 1. The van der Waals surface area contributed by atoms with E-state index < -0.39 is 15.2 Å². The van der Waals surface area contributed by atoms with Crippen LogP contribution in [0.3, 0.4) is 0 Å². The minimum atomic E-state index is -3.32. The monoisotopic (exact) mass is 325 g/mol. The van der Waals surface area contributed by atoms with Gasteiger partial charge in [0.05, 0.1) is 5.52 Å². The van der Waals surface area contributed by atoms with Gasteiger partial charge in [-0.25, -0.2) is 8.42 Å². The number of sulfone groups is 1. The average molecular weight is 325 g/mol. The highest BCUT2D eigenvalue weighted by atomic mass is 32.2. The maximum Gasteiger partial charge on any atom is 0.276 e. The highest BCUT2D eigenvalue weighted by molar-refractivity contribution is 8.00. The van der Waals surface area contributed by atoms with Gasteiger partial charge in [-0.3, -0.25) is 9.89 Å². The van der Waals surface area contributed by atoms with Crippen LogP contribution in [0.25, 0.3) is 10.9 Å². The largest absolute Gasteiger partial charge is 0.319 e. The summed E-state index contributed by atoms with van der Waals surface area (Å²) in [6, 6.07) is 7.32. The Balaban J connectivity index is 2.00. The van der Waals surface area contributed by atoms with E-state index in [4.69, 9.17) is 0 Å². The van der Waals surface area contributed by atoms with E-state index in [-0.39, 0.29) is 11.6 Å². The smallest absolute Gasteiger partial charge is 0.276 e. The number of nitrogens with one attached hydrogen (secondary N) is 1. The van der Waals surface area contributed by atoms with Crippen LogP contribution in [-0.2, 0) is 9.84 Å². The number of hydrogen-bond acceptors (Lipinski definition) is 5. The average Bonchev–Trinajstić information content (AvgIpc) is 2.89. The predicted octanol–water partition coefficient (Wildman–Crippen LogP) is 1.12. The van der Waals surface area contributed by atoms with Crippen molar-refractivity contribution in [1.29, 1.82) is 0 Å². The molecule has 1 unspecified atom stereocenters. The third-order valence-electron chi connectivity index (χ3n) is 3.51. The van der Waals surface area contributed by atoms with Gasteiger partial charge in [0.25, 0.3) is 5.91 Å². The van der Waals surface area contributed by atoms with Crippen LogP contribution in [0.4, 0.5) is 0 Å². The molecule has 2 aromatic rings. The van der Waals surface area contributed by atoms with Gasteiger partial charge in [-0.1, -0.05) is 18.2 Å². The van der Waals surface area contributed by atoms with Crippen molar-refractivity contribution in [2.75, 3.05) is 24.3 Å². The number of carbonyl (C=O) groups is 1. The van der Waals surface area contributed by atoms with E-state index >= 15 is 0 Å². The summed E-state index contributed by atoms with van der Waals surface area (Å²) < 4.78 is 23.8. The quantitative estimate of drug-likeness (QED) is 0.895. The molecule has 1 aliphatic rings. The molecule has 21 heavy (non-hydrogen) atoms. The lowest BCUT2D eigenvalue weighted by Gasteiger charge is -2.33. The molecule has 0 spiro atoms. The molecule has 8 heteroatoms. The molecular weight excluding hydrogens is 310 g/mol. The molecule has 3 rings (SSSR count). The summed E-state index contributed by atoms with van der Waals surface area (Å²) in [6.07, 6.45) is 1.17. The van der Waals surface area contributed by atoms with Crippen molar-refractivity contribution >= 4 is 38.4 Å². The molecule has 0 radical (unpaired) electrons. The van der Waals surface area contributed by atoms with Crippen molar-refractivity contribution < 1.29 is 13.2 Å². The second-order valence-corrected chi connectivity index (χ2v) is 8.33. The van der Waals surface area contributed by atoms with E-state index in [2.05, 4.69) is 10.2 Å². The Bertz CT molecular complexity index is 785. The molecule has 6 nitrogen and oxygen atoms in total. The van der Waals surface area contributed by atoms with Crippen molar-refractivity contribution in [3.63, 3.8) is 0 Å². The Labute approximate surface area is 126 Å². The number of carbonyl (C=O) groups excluding carboxylic acids is 1. The lowest BCUT2D eigenvalue weighted by Crippen LogP contribution is -2.50. The Morgan fingerprint density at radius 2 is 2.19 bits per heavy atom. The highest BCUT2D eigenvalue weighted by Gasteiger charge is 2.35. The zero-order valence-corrected chi connectivity index (χ0v) is 13.1. The summed E-state index contributed by atoms with van der Waals surface area (Å²) in [5, 5.41) is 6.82. The molecule has 1 N–H and O–H groups in total. The topological polar surface area (TPSA) is 83.1 Å². The summed E-state index contributed by atoms with van der Waals surface area (Å²) in [7, 11) is -3.32. The first-order valence-corrected chi connectivity index (χ1v) is 9.60. The van der Waals surface area contributed by atoms with Crippen molar-refractivity contribution in [3.8, 4) is 0 Å². The normalized spacial score (nSPS) is 19.9. The van der Waals surface area contributed by atoms with E-state index in [9.17, 15) is 13.2 Å². The molecule has 0 bridgehead atoms.